The SMILES string of the molecule is CCC1(CC)CSC(=NCc2ccc(C)nc2)N1. The maximum Gasteiger partial charge on any atom is 0.157 e. The molecule has 0 atom stereocenters. The van der Waals surface area contributed by atoms with E-state index in [1.54, 1.807) is 0 Å². The largest absolute Gasteiger partial charge is 0.359 e. The molecule has 3 nitrogen and oxygen atoms in total. The first-order valence-electron chi connectivity index (χ1n) is 6.54. The van der Waals surface area contributed by atoms with Crippen LogP contribution < -0.4 is 5.32 Å². The second kappa shape index (κ2) is 5.74. The van der Waals surface area contributed by atoms with Gasteiger partial charge in [-0.2, -0.15) is 0 Å². The van der Waals surface area contributed by atoms with Crippen molar-refractivity contribution in [1.29, 1.82) is 0 Å². The van der Waals surface area contributed by atoms with E-state index in [1.165, 1.54) is 5.56 Å². The molecule has 0 aromatic carbocycles. The Labute approximate surface area is 113 Å². The fraction of sp³-hybridized carbons (Fsp3) is 0.571. The summed E-state index contributed by atoms with van der Waals surface area (Å²) < 4.78 is 0. The quantitative estimate of drug-likeness (QED) is 0.906. The van der Waals surface area contributed by atoms with Gasteiger partial charge in [0.25, 0.3) is 0 Å². The Kier molecular flexibility index (Phi) is 4.27. The second-order valence-electron chi connectivity index (χ2n) is 4.83. The van der Waals surface area contributed by atoms with Gasteiger partial charge in [0.15, 0.2) is 5.17 Å². The third-order valence-corrected chi connectivity index (χ3v) is 4.79. The molecule has 1 aromatic rings. The second-order valence-corrected chi connectivity index (χ2v) is 5.79. The number of nitrogens with one attached hydrogen (secondary N) is 1. The van der Waals surface area contributed by atoms with Crippen molar-refractivity contribution in [1.82, 2.24) is 10.3 Å². The van der Waals surface area contributed by atoms with Crippen LogP contribution in [0.4, 0.5) is 0 Å². The van der Waals surface area contributed by atoms with Gasteiger partial charge in [-0.25, -0.2) is 0 Å². The Morgan fingerprint density at radius 1 is 1.39 bits per heavy atom. The molecule has 1 saturated heterocycles. The first-order valence-corrected chi connectivity index (χ1v) is 7.53. The van der Waals surface area contributed by atoms with Crippen molar-refractivity contribution >= 4 is 16.9 Å². The number of nitrogens with zero attached hydrogens (tertiary/aromatic N) is 2. The summed E-state index contributed by atoms with van der Waals surface area (Å²) >= 11 is 1.84. The Balaban J connectivity index is 1.97. The number of aliphatic imine (C=N–C) groups is 1. The van der Waals surface area contributed by atoms with Crippen LogP contribution >= 0.6 is 11.8 Å². The monoisotopic (exact) mass is 263 g/mol. The van der Waals surface area contributed by atoms with Crippen LogP contribution in [0.5, 0.6) is 0 Å². The zero-order chi connectivity index (χ0) is 13.0. The number of aryl methyl sites for hydroxylation is 1. The maximum absolute atomic E-state index is 4.64. The molecule has 1 aromatic heterocycles. The van der Waals surface area contributed by atoms with Crippen LogP contribution in [0.2, 0.25) is 0 Å². The molecule has 0 bridgehead atoms. The summed E-state index contributed by atoms with van der Waals surface area (Å²) in [5.74, 6) is 1.13. The van der Waals surface area contributed by atoms with Gasteiger partial charge in [0.2, 0.25) is 0 Å². The van der Waals surface area contributed by atoms with E-state index in [9.17, 15) is 0 Å². The van der Waals surface area contributed by atoms with Crippen molar-refractivity contribution in [2.24, 2.45) is 4.99 Å². The standard InChI is InChI=1S/C14H21N3S/c1-4-14(5-2)10-18-13(17-14)16-9-12-7-6-11(3)15-8-12/h6-8H,4-5,9-10H2,1-3H3,(H,16,17). The molecule has 4 heteroatoms. The van der Waals surface area contributed by atoms with Crippen molar-refractivity contribution in [2.45, 2.75) is 45.7 Å². The summed E-state index contributed by atoms with van der Waals surface area (Å²) in [5.41, 5.74) is 2.48. The van der Waals surface area contributed by atoms with E-state index >= 15 is 0 Å². The predicted octanol–water partition coefficient (Wildman–Crippen LogP) is 3.14. The number of hydrogen-bond acceptors (Lipinski definition) is 3. The van der Waals surface area contributed by atoms with Gasteiger partial charge in [0, 0.05) is 23.2 Å². The average Bonchev–Trinajstić information content (AvgIpc) is 2.82. The first kappa shape index (κ1) is 13.4. The number of amidine groups is 1. The molecule has 0 spiro atoms. The topological polar surface area (TPSA) is 37.3 Å². The fourth-order valence-electron chi connectivity index (χ4n) is 1.98. The zero-order valence-corrected chi connectivity index (χ0v) is 12.2. The van der Waals surface area contributed by atoms with Crippen molar-refractivity contribution in [3.63, 3.8) is 0 Å². The van der Waals surface area contributed by atoms with E-state index in [0.29, 0.717) is 6.54 Å². The number of pyridine rings is 1. The van der Waals surface area contributed by atoms with Crippen molar-refractivity contribution in [2.75, 3.05) is 5.75 Å². The van der Waals surface area contributed by atoms with Gasteiger partial charge in [-0.05, 0) is 31.4 Å². The lowest BCUT2D eigenvalue weighted by Gasteiger charge is -2.25. The Morgan fingerprint density at radius 2 is 2.17 bits per heavy atom. The highest BCUT2D eigenvalue weighted by atomic mass is 32.2. The van der Waals surface area contributed by atoms with Crippen LogP contribution in [0.1, 0.15) is 37.9 Å². The molecule has 2 rings (SSSR count). The lowest BCUT2D eigenvalue weighted by molar-refractivity contribution is 0.407. The number of rotatable bonds is 4. The molecule has 0 unspecified atom stereocenters. The van der Waals surface area contributed by atoms with Gasteiger partial charge < -0.3 is 5.32 Å². The average molecular weight is 263 g/mol. The molecular weight excluding hydrogens is 242 g/mol. The minimum atomic E-state index is 0.259. The van der Waals surface area contributed by atoms with Gasteiger partial charge in [-0.15, -0.1) is 0 Å². The normalized spacial score (nSPS) is 20.1. The van der Waals surface area contributed by atoms with Gasteiger partial charge >= 0.3 is 0 Å². The van der Waals surface area contributed by atoms with E-state index in [0.717, 1.165) is 29.5 Å². The van der Waals surface area contributed by atoms with Crippen LogP contribution in [0.15, 0.2) is 23.3 Å². The Morgan fingerprint density at radius 3 is 2.72 bits per heavy atom. The molecule has 98 valence electrons. The minimum Gasteiger partial charge on any atom is -0.359 e. The van der Waals surface area contributed by atoms with Gasteiger partial charge in [-0.3, -0.25) is 9.98 Å². The molecule has 0 amide bonds. The summed E-state index contributed by atoms with van der Waals surface area (Å²) in [6.07, 6.45) is 4.22. The van der Waals surface area contributed by atoms with E-state index in [4.69, 9.17) is 0 Å². The fourth-order valence-corrected chi connectivity index (χ4v) is 3.31. The smallest absolute Gasteiger partial charge is 0.157 e. The van der Waals surface area contributed by atoms with Crippen LogP contribution in [0.3, 0.4) is 0 Å². The van der Waals surface area contributed by atoms with Crippen molar-refractivity contribution in [3.8, 4) is 0 Å². The van der Waals surface area contributed by atoms with Crippen LogP contribution in [-0.2, 0) is 6.54 Å². The van der Waals surface area contributed by atoms with E-state index in [-0.39, 0.29) is 5.54 Å². The molecule has 2 heterocycles. The first-order chi connectivity index (χ1) is 8.67. The lowest BCUT2D eigenvalue weighted by atomic mass is 9.96. The Hall–Kier alpha value is -1.03. The van der Waals surface area contributed by atoms with E-state index in [1.807, 2.05) is 30.9 Å². The number of thioether (sulfide) groups is 1. The maximum atomic E-state index is 4.64. The molecular formula is C14H21N3S. The van der Waals surface area contributed by atoms with E-state index < -0.39 is 0 Å². The predicted molar refractivity (Wildman–Crippen MR) is 79.0 cm³/mol. The molecule has 1 N–H and O–H groups in total. The third kappa shape index (κ3) is 3.05. The third-order valence-electron chi connectivity index (χ3n) is 3.59. The van der Waals surface area contributed by atoms with Gasteiger partial charge in [0.1, 0.15) is 0 Å². The summed E-state index contributed by atoms with van der Waals surface area (Å²) in [4.78, 5) is 8.93. The van der Waals surface area contributed by atoms with Gasteiger partial charge in [0.05, 0.1) is 6.54 Å². The summed E-state index contributed by atoms with van der Waals surface area (Å²) in [5, 5.41) is 4.66. The highest BCUT2D eigenvalue weighted by Crippen LogP contribution is 2.29. The van der Waals surface area contributed by atoms with Gasteiger partial charge in [-0.1, -0.05) is 31.7 Å². The minimum absolute atomic E-state index is 0.259. The van der Waals surface area contributed by atoms with Crippen molar-refractivity contribution < 1.29 is 0 Å². The molecule has 0 radical (unpaired) electrons. The highest BCUT2D eigenvalue weighted by Gasteiger charge is 2.33. The number of aromatic nitrogens is 1. The molecule has 1 aliphatic rings. The molecule has 18 heavy (non-hydrogen) atoms. The van der Waals surface area contributed by atoms with Crippen LogP contribution in [-0.4, -0.2) is 21.4 Å². The lowest BCUT2D eigenvalue weighted by Crippen LogP contribution is -2.42. The Bertz CT molecular complexity index is 421. The molecule has 0 saturated carbocycles. The van der Waals surface area contributed by atoms with Crippen LogP contribution in [0, 0.1) is 6.92 Å². The summed E-state index contributed by atoms with van der Waals surface area (Å²) in [6.45, 7) is 7.20. The number of hydrogen-bond donors (Lipinski definition) is 1. The van der Waals surface area contributed by atoms with Crippen molar-refractivity contribution in [3.05, 3.63) is 29.6 Å². The summed E-state index contributed by atoms with van der Waals surface area (Å²) in [6, 6.07) is 4.13. The summed E-state index contributed by atoms with van der Waals surface area (Å²) in [7, 11) is 0. The van der Waals surface area contributed by atoms with Crippen LogP contribution in [0.25, 0.3) is 0 Å². The highest BCUT2D eigenvalue weighted by molar-refractivity contribution is 8.14. The molecule has 1 fully saturated rings. The molecule has 0 aliphatic carbocycles. The van der Waals surface area contributed by atoms with E-state index in [2.05, 4.69) is 35.2 Å². The zero-order valence-electron chi connectivity index (χ0n) is 11.4. The molecule has 1 aliphatic heterocycles.